The monoisotopic (exact) mass is 439 g/mol. The molecule has 5 heterocycles. The van der Waals surface area contributed by atoms with E-state index in [1.165, 1.54) is 10.9 Å². The third-order valence-corrected chi connectivity index (χ3v) is 5.88. The molecule has 3 aromatic heterocycles. The first kappa shape index (κ1) is 21.9. The Morgan fingerprint density at radius 1 is 1.30 bits per heavy atom. The van der Waals surface area contributed by atoms with Crippen molar-refractivity contribution in [3.8, 4) is 11.9 Å². The van der Waals surface area contributed by atoms with Crippen molar-refractivity contribution in [1.29, 1.82) is 5.26 Å². The first-order valence-corrected chi connectivity index (χ1v) is 10.7. The second-order valence-corrected chi connectivity index (χ2v) is 8.33. The number of hydrogen-bond donors (Lipinski definition) is 1. The third-order valence-electron chi connectivity index (χ3n) is 5.88. The lowest BCUT2D eigenvalue weighted by Crippen LogP contribution is -2.47. The van der Waals surface area contributed by atoms with Crippen LogP contribution in [0.15, 0.2) is 18.5 Å². The van der Waals surface area contributed by atoms with Gasteiger partial charge in [-0.2, -0.15) is 10.2 Å². The number of ether oxygens (including phenoxy) is 3. The number of hydrogen-bond acceptors (Lipinski definition) is 8. The van der Waals surface area contributed by atoms with Crippen molar-refractivity contribution in [2.75, 3.05) is 25.1 Å². The van der Waals surface area contributed by atoms with Crippen LogP contribution < -0.4 is 10.1 Å². The number of nitrogens with one attached hydrogen (secondary N) is 1. The van der Waals surface area contributed by atoms with Crippen molar-refractivity contribution >= 4 is 46.2 Å². The number of nitrogens with zero attached hydrogens (tertiary/aromatic N) is 6. The van der Waals surface area contributed by atoms with Gasteiger partial charge < -0.3 is 24.1 Å². The lowest BCUT2D eigenvalue weighted by molar-refractivity contribution is -0.140. The summed E-state index contributed by atoms with van der Waals surface area (Å²) in [6.45, 7) is 3.65. The second-order valence-electron chi connectivity index (χ2n) is 8.33. The summed E-state index contributed by atoms with van der Waals surface area (Å²) in [7, 11) is 17.4. The Morgan fingerprint density at radius 2 is 2.09 bits per heavy atom. The number of rotatable bonds is 6. The normalized spacial score (nSPS) is 21.5. The third kappa shape index (κ3) is 4.21. The van der Waals surface area contributed by atoms with Gasteiger partial charge in [0.15, 0.2) is 0 Å². The number of nitriles is 1. The zero-order valence-corrected chi connectivity index (χ0v) is 18.1. The molecule has 2 fully saturated rings. The van der Waals surface area contributed by atoms with Crippen LogP contribution in [-0.4, -0.2) is 79.9 Å². The molecular weight excluding hydrogens is 419 g/mol. The molecule has 1 unspecified atom stereocenters. The number of fused-ring (bicyclic) bond motifs is 1. The van der Waals surface area contributed by atoms with E-state index in [4.69, 9.17) is 42.7 Å². The summed E-state index contributed by atoms with van der Waals surface area (Å²) in [6, 6.07) is 4.19. The van der Waals surface area contributed by atoms with Gasteiger partial charge in [0.2, 0.25) is 5.95 Å². The molecule has 33 heavy (non-hydrogen) atoms. The Kier molecular flexibility index (Phi) is 5.58. The van der Waals surface area contributed by atoms with Crippen molar-refractivity contribution in [2.24, 2.45) is 0 Å². The van der Waals surface area contributed by atoms with Crippen LogP contribution in [0.3, 0.4) is 0 Å². The molecule has 2 aliphatic rings. The van der Waals surface area contributed by atoms with Gasteiger partial charge in [-0.3, -0.25) is 4.68 Å². The summed E-state index contributed by atoms with van der Waals surface area (Å²) in [5.74, 6) is 0.555. The second kappa shape index (κ2) is 8.43. The van der Waals surface area contributed by atoms with E-state index >= 15 is 0 Å². The molecule has 6 radical (unpaired) electrons. The highest BCUT2D eigenvalue weighted by Gasteiger charge is 2.32. The molecule has 10 nitrogen and oxygen atoms in total. The molecule has 0 aromatic carbocycles. The highest BCUT2D eigenvalue weighted by molar-refractivity contribution is 6.56. The molecule has 0 saturated carbocycles. The van der Waals surface area contributed by atoms with E-state index in [9.17, 15) is 5.26 Å². The molecular formula is C20H20B3N7O3. The standard InChI is InChI=1S/C20H20B3N7O3/c1-11-16(10-32-11)33-18-15(9-29(28-18)20(21,22)23)26-19-25-8-12-6-14(7-24)30(17(12)27-19)13-2-4-31-5-3-13/h6,8-9,11,13,16H,2-5,10H2,1H3,(H,25,26,27)/t11-,16?/m1/s1. The molecule has 0 spiro atoms. The van der Waals surface area contributed by atoms with Gasteiger partial charge >= 0.3 is 0 Å². The number of aromatic nitrogens is 5. The largest absolute Gasteiger partial charge is 0.467 e. The molecule has 2 atom stereocenters. The van der Waals surface area contributed by atoms with Gasteiger partial charge in [-0.15, -0.1) is 5.10 Å². The topological polar surface area (TPSA) is 112 Å². The minimum absolute atomic E-state index is 0.0684. The van der Waals surface area contributed by atoms with Crippen LogP contribution in [0.25, 0.3) is 11.0 Å². The maximum Gasteiger partial charge on any atom is 0.257 e. The van der Waals surface area contributed by atoms with Gasteiger partial charge in [0.1, 0.15) is 29.2 Å². The van der Waals surface area contributed by atoms with E-state index in [0.717, 1.165) is 18.2 Å². The maximum absolute atomic E-state index is 9.66. The molecule has 0 amide bonds. The highest BCUT2D eigenvalue weighted by Crippen LogP contribution is 2.32. The van der Waals surface area contributed by atoms with Crippen LogP contribution in [-0.2, 0) is 14.7 Å². The fraction of sp³-hybridized carbons (Fsp3) is 0.500. The Balaban J connectivity index is 1.50. The molecule has 0 aliphatic carbocycles. The number of anilines is 2. The van der Waals surface area contributed by atoms with Gasteiger partial charge in [-0.25, -0.2) is 4.98 Å². The van der Waals surface area contributed by atoms with Crippen LogP contribution >= 0.6 is 0 Å². The first-order valence-electron chi connectivity index (χ1n) is 10.7. The molecule has 13 heteroatoms. The van der Waals surface area contributed by atoms with E-state index in [1.807, 2.05) is 11.5 Å². The smallest absolute Gasteiger partial charge is 0.257 e. The van der Waals surface area contributed by atoms with Gasteiger partial charge in [0.25, 0.3) is 5.88 Å². The van der Waals surface area contributed by atoms with Crippen LogP contribution in [0.4, 0.5) is 11.6 Å². The summed E-state index contributed by atoms with van der Waals surface area (Å²) in [5, 5.41) is 16.1. The average Bonchev–Trinajstić information content (AvgIpc) is 3.37. The van der Waals surface area contributed by atoms with Crippen LogP contribution in [0.2, 0.25) is 0 Å². The predicted molar refractivity (Wildman–Crippen MR) is 122 cm³/mol. The van der Waals surface area contributed by atoms with Crippen LogP contribution in [0, 0.1) is 11.3 Å². The molecule has 3 aromatic rings. The van der Waals surface area contributed by atoms with Crippen LogP contribution in [0.1, 0.15) is 31.5 Å². The maximum atomic E-state index is 9.66. The quantitative estimate of drug-likeness (QED) is 0.563. The van der Waals surface area contributed by atoms with Crippen molar-refractivity contribution in [3.63, 3.8) is 0 Å². The Bertz CT molecular complexity index is 1210. The van der Waals surface area contributed by atoms with E-state index in [0.29, 0.717) is 42.8 Å². The van der Waals surface area contributed by atoms with Crippen molar-refractivity contribution < 1.29 is 14.2 Å². The van der Waals surface area contributed by atoms with E-state index in [2.05, 4.69) is 21.5 Å². The summed E-state index contributed by atoms with van der Waals surface area (Å²) < 4.78 is 20.0. The molecule has 5 rings (SSSR count). The SMILES string of the molecule is [B]C([B])([B])n1cc(Nc2ncc3cc(C#N)n(C4CCOCC4)c3n2)c(OC2CO[C@@H]2C)n1. The summed E-state index contributed by atoms with van der Waals surface area (Å²) in [5.41, 5.74) is 1.65. The van der Waals surface area contributed by atoms with E-state index < -0.39 is 5.24 Å². The molecule has 1 N–H and O–H groups in total. The summed E-state index contributed by atoms with van der Waals surface area (Å²) in [6.07, 6.45) is 4.59. The first-order chi connectivity index (χ1) is 15.8. The van der Waals surface area contributed by atoms with Gasteiger partial charge in [-0.05, 0) is 31.1 Å². The van der Waals surface area contributed by atoms with E-state index in [1.54, 1.807) is 12.3 Å². The molecule has 162 valence electrons. The Labute approximate surface area is 194 Å². The Morgan fingerprint density at radius 3 is 2.73 bits per heavy atom. The predicted octanol–water partition coefficient (Wildman–Crippen LogP) is 0.834. The van der Waals surface area contributed by atoms with Crippen molar-refractivity contribution in [1.82, 2.24) is 24.3 Å². The fourth-order valence-corrected chi connectivity index (χ4v) is 3.96. The Hall–Kier alpha value is -2.97. The molecule has 2 saturated heterocycles. The minimum Gasteiger partial charge on any atom is -0.467 e. The summed E-state index contributed by atoms with van der Waals surface area (Å²) in [4.78, 5) is 9.09. The zero-order chi connectivity index (χ0) is 23.2. The lowest BCUT2D eigenvalue weighted by atomic mass is 9.49. The fourth-order valence-electron chi connectivity index (χ4n) is 3.96. The molecule has 0 bridgehead atoms. The lowest BCUT2D eigenvalue weighted by Gasteiger charge is -2.33. The van der Waals surface area contributed by atoms with Crippen molar-refractivity contribution in [2.45, 2.75) is 43.3 Å². The summed E-state index contributed by atoms with van der Waals surface area (Å²) >= 11 is 0. The minimum atomic E-state index is -1.72. The molecule has 2 aliphatic heterocycles. The van der Waals surface area contributed by atoms with Crippen LogP contribution in [0.5, 0.6) is 5.88 Å². The average molecular weight is 439 g/mol. The van der Waals surface area contributed by atoms with Gasteiger partial charge in [0.05, 0.1) is 42.4 Å². The zero-order valence-electron chi connectivity index (χ0n) is 18.1. The van der Waals surface area contributed by atoms with Gasteiger partial charge in [-0.1, -0.05) is 0 Å². The van der Waals surface area contributed by atoms with Crippen molar-refractivity contribution in [3.05, 3.63) is 24.2 Å². The highest BCUT2D eigenvalue weighted by atomic mass is 16.6. The van der Waals surface area contributed by atoms with Gasteiger partial charge in [0, 0.05) is 30.8 Å². The van der Waals surface area contributed by atoms with E-state index in [-0.39, 0.29) is 24.1 Å².